The molecule has 1 N–H and O–H groups in total. The second-order valence-corrected chi connectivity index (χ2v) is 9.56. The second-order valence-electron chi connectivity index (χ2n) is 9.56. The number of carbonyl (C=O) groups is 1. The van der Waals surface area contributed by atoms with Gasteiger partial charge in [-0.1, -0.05) is 6.07 Å². The van der Waals surface area contributed by atoms with Crippen molar-refractivity contribution in [1.29, 1.82) is 0 Å². The number of alkyl halides is 7. The van der Waals surface area contributed by atoms with Crippen molar-refractivity contribution in [3.63, 3.8) is 0 Å². The van der Waals surface area contributed by atoms with Gasteiger partial charge in [-0.15, -0.1) is 12.4 Å². The number of hydrogen-bond acceptors (Lipinski definition) is 2. The number of halogens is 9. The van der Waals surface area contributed by atoms with E-state index in [1.807, 2.05) is 0 Å². The van der Waals surface area contributed by atoms with Crippen LogP contribution in [0.3, 0.4) is 0 Å². The number of carbonyl (C=O) groups excluding carboxylic acids is 1. The van der Waals surface area contributed by atoms with E-state index in [4.69, 9.17) is 0 Å². The summed E-state index contributed by atoms with van der Waals surface area (Å²) in [6, 6.07) is 3.81. The summed E-state index contributed by atoms with van der Waals surface area (Å²) in [6.45, 7) is 3.62. The number of aryl methyl sites for hydroxylation is 1. The number of nitrogens with zero attached hydrogens (tertiary/aromatic N) is 1. The third kappa shape index (κ3) is 7.16. The predicted molar refractivity (Wildman–Crippen MR) is 129 cm³/mol. The Morgan fingerprint density at radius 3 is 2.00 bits per heavy atom. The van der Waals surface area contributed by atoms with Gasteiger partial charge < -0.3 is 10.2 Å². The van der Waals surface area contributed by atoms with E-state index in [1.165, 1.54) is 26.1 Å². The quantitative estimate of drug-likeness (QED) is 0.366. The molecular formula is C26H29ClF8N2O. The molecule has 2 atom stereocenters. The molecule has 0 bridgehead atoms. The van der Waals surface area contributed by atoms with Gasteiger partial charge in [0.25, 0.3) is 0 Å². The average molecular weight is 573 g/mol. The van der Waals surface area contributed by atoms with Crippen molar-refractivity contribution in [3.8, 4) is 0 Å². The van der Waals surface area contributed by atoms with Crippen molar-refractivity contribution in [2.45, 2.75) is 63.1 Å². The Bertz CT molecular complexity index is 1100. The number of nitrogens with one attached hydrogen (secondary N) is 1. The highest BCUT2D eigenvalue weighted by Crippen LogP contribution is 2.43. The maximum Gasteiger partial charge on any atom is 0.416 e. The highest BCUT2D eigenvalue weighted by molar-refractivity contribution is 5.85. The van der Waals surface area contributed by atoms with Gasteiger partial charge in [0, 0.05) is 19.4 Å². The summed E-state index contributed by atoms with van der Waals surface area (Å²) in [6.07, 6.45) is -10.3. The Hall–Kier alpha value is -2.40. The van der Waals surface area contributed by atoms with Crippen molar-refractivity contribution >= 4 is 18.3 Å². The van der Waals surface area contributed by atoms with Crippen LogP contribution in [0.4, 0.5) is 35.1 Å². The summed E-state index contributed by atoms with van der Waals surface area (Å²) in [5.41, 5.74) is -4.27. The molecule has 3 nitrogen and oxygen atoms in total. The minimum absolute atomic E-state index is 0. The Morgan fingerprint density at radius 1 is 1.00 bits per heavy atom. The van der Waals surface area contributed by atoms with Gasteiger partial charge in [-0.3, -0.25) is 4.79 Å². The van der Waals surface area contributed by atoms with Crippen LogP contribution in [0.2, 0.25) is 0 Å². The molecule has 1 aliphatic rings. The van der Waals surface area contributed by atoms with E-state index in [2.05, 4.69) is 5.32 Å². The van der Waals surface area contributed by atoms with Crippen LogP contribution in [-0.2, 0) is 17.1 Å². The highest BCUT2D eigenvalue weighted by Gasteiger charge is 2.43. The molecule has 1 unspecified atom stereocenters. The topological polar surface area (TPSA) is 32.3 Å². The van der Waals surface area contributed by atoms with E-state index in [0.717, 1.165) is 11.0 Å². The first-order valence-electron chi connectivity index (χ1n) is 11.7. The van der Waals surface area contributed by atoms with Gasteiger partial charge in [0.1, 0.15) is 11.5 Å². The molecule has 12 heteroatoms. The predicted octanol–water partition coefficient (Wildman–Crippen LogP) is 7.38. The molecule has 212 valence electrons. The standard InChI is InChI=1S/C26H28F8N2O.ClH/c1-15-10-20(27)4-5-21(15)22(24(28)6-8-35-9-7-24)14-23(37)36(3)16(2)17-11-18(25(29,30)31)13-19(12-17)26(32,33)34;/h4-5,10-13,16,22,35H,6-9,14H2,1-3H3;1H/t16-,22?;/m1./s1. The summed E-state index contributed by atoms with van der Waals surface area (Å²) >= 11 is 0. The van der Waals surface area contributed by atoms with Gasteiger partial charge in [0.05, 0.1) is 17.2 Å². The molecule has 0 aliphatic carbocycles. The fourth-order valence-corrected chi connectivity index (χ4v) is 4.77. The number of piperidine rings is 1. The van der Waals surface area contributed by atoms with Gasteiger partial charge in [0.15, 0.2) is 0 Å². The molecule has 1 amide bonds. The van der Waals surface area contributed by atoms with E-state index in [9.17, 15) is 35.5 Å². The Morgan fingerprint density at radius 2 is 1.53 bits per heavy atom. The Labute approximate surface area is 222 Å². The number of amides is 1. The molecule has 38 heavy (non-hydrogen) atoms. The molecule has 0 saturated carbocycles. The van der Waals surface area contributed by atoms with E-state index in [1.54, 1.807) is 6.92 Å². The van der Waals surface area contributed by atoms with Crippen LogP contribution in [0.15, 0.2) is 36.4 Å². The molecule has 1 saturated heterocycles. The van der Waals surface area contributed by atoms with Crippen LogP contribution in [0.5, 0.6) is 0 Å². The molecule has 2 aromatic carbocycles. The smallest absolute Gasteiger partial charge is 0.339 e. The van der Waals surface area contributed by atoms with Crippen LogP contribution in [0.1, 0.15) is 66.0 Å². The maximum absolute atomic E-state index is 16.2. The first kappa shape index (κ1) is 31.8. The second kappa shape index (κ2) is 11.8. The fourth-order valence-electron chi connectivity index (χ4n) is 4.77. The van der Waals surface area contributed by atoms with Crippen LogP contribution in [0.25, 0.3) is 0 Å². The van der Waals surface area contributed by atoms with Gasteiger partial charge in [-0.25, -0.2) is 8.78 Å². The Balaban J connectivity index is 0.00000507. The zero-order valence-electron chi connectivity index (χ0n) is 20.9. The molecule has 1 fully saturated rings. The summed E-state index contributed by atoms with van der Waals surface area (Å²) < 4.78 is 110. The molecule has 3 rings (SSSR count). The maximum atomic E-state index is 16.2. The van der Waals surface area contributed by atoms with Crippen LogP contribution in [-0.4, -0.2) is 36.6 Å². The number of benzene rings is 2. The van der Waals surface area contributed by atoms with Crippen LogP contribution < -0.4 is 5.32 Å². The minimum atomic E-state index is -5.03. The molecular weight excluding hydrogens is 544 g/mol. The monoisotopic (exact) mass is 572 g/mol. The highest BCUT2D eigenvalue weighted by atomic mass is 35.5. The lowest BCUT2D eigenvalue weighted by Gasteiger charge is -2.39. The van der Waals surface area contributed by atoms with Crippen molar-refractivity contribution in [2.24, 2.45) is 0 Å². The van der Waals surface area contributed by atoms with Crippen LogP contribution >= 0.6 is 12.4 Å². The minimum Gasteiger partial charge on any atom is -0.339 e. The van der Waals surface area contributed by atoms with Crippen molar-refractivity contribution in [3.05, 3.63) is 70.0 Å². The largest absolute Gasteiger partial charge is 0.416 e. The third-order valence-corrected chi connectivity index (χ3v) is 7.11. The van der Waals surface area contributed by atoms with Gasteiger partial charge in [-0.05, 0) is 86.8 Å². The summed E-state index contributed by atoms with van der Waals surface area (Å²) in [5, 5.41) is 3.04. The Kier molecular flexibility index (Phi) is 9.86. The molecule has 1 aliphatic heterocycles. The zero-order chi connectivity index (χ0) is 27.8. The molecule has 1 heterocycles. The van der Waals surface area contributed by atoms with Gasteiger partial charge >= 0.3 is 12.4 Å². The van der Waals surface area contributed by atoms with Gasteiger partial charge in [0.2, 0.25) is 5.91 Å². The average Bonchev–Trinajstić information content (AvgIpc) is 2.81. The molecule has 2 aromatic rings. The van der Waals surface area contributed by atoms with Crippen molar-refractivity contribution in [2.75, 3.05) is 20.1 Å². The first-order valence-corrected chi connectivity index (χ1v) is 11.7. The van der Waals surface area contributed by atoms with E-state index in [-0.39, 0.29) is 36.9 Å². The zero-order valence-corrected chi connectivity index (χ0v) is 21.8. The van der Waals surface area contributed by atoms with Gasteiger partial charge in [-0.2, -0.15) is 26.3 Å². The molecule has 0 spiro atoms. The van der Waals surface area contributed by atoms with Crippen LogP contribution in [0, 0.1) is 12.7 Å². The van der Waals surface area contributed by atoms with E-state index < -0.39 is 59.3 Å². The fraction of sp³-hybridized carbons (Fsp3) is 0.500. The normalized spacial score (nSPS) is 17.3. The first-order chi connectivity index (χ1) is 17.0. The lowest BCUT2D eigenvalue weighted by molar-refractivity contribution is -0.143. The summed E-state index contributed by atoms with van der Waals surface area (Å²) in [7, 11) is 1.25. The van der Waals surface area contributed by atoms with E-state index >= 15 is 4.39 Å². The number of rotatable bonds is 6. The number of hydrogen-bond donors (Lipinski definition) is 1. The molecule has 0 radical (unpaired) electrons. The van der Waals surface area contributed by atoms with E-state index in [0.29, 0.717) is 36.3 Å². The SMILES string of the molecule is Cc1cc(F)ccc1C(CC(=O)N(C)[C@H](C)c1cc(C(F)(F)F)cc(C(F)(F)F)c1)C1(F)CCNCC1.Cl. The molecule has 0 aromatic heterocycles. The lowest BCUT2D eigenvalue weighted by Crippen LogP contribution is -2.45. The summed E-state index contributed by atoms with van der Waals surface area (Å²) in [4.78, 5) is 14.3. The summed E-state index contributed by atoms with van der Waals surface area (Å²) in [5.74, 6) is -2.17. The van der Waals surface area contributed by atoms with Crippen molar-refractivity contribution in [1.82, 2.24) is 10.2 Å². The van der Waals surface area contributed by atoms with Crippen molar-refractivity contribution < 1.29 is 39.9 Å². The lowest BCUT2D eigenvalue weighted by atomic mass is 9.74. The third-order valence-electron chi connectivity index (χ3n) is 7.11.